The van der Waals surface area contributed by atoms with Crippen LogP contribution in [0.5, 0.6) is 0 Å². The third-order valence-corrected chi connectivity index (χ3v) is 1.80. The van der Waals surface area contributed by atoms with Crippen LogP contribution in [0.25, 0.3) is 5.57 Å². The lowest BCUT2D eigenvalue weighted by atomic mass is 10.1. The summed E-state index contributed by atoms with van der Waals surface area (Å²) >= 11 is 0. The first-order valence-corrected chi connectivity index (χ1v) is 5.12. The summed E-state index contributed by atoms with van der Waals surface area (Å²) in [5.74, 6) is 0. The summed E-state index contributed by atoms with van der Waals surface area (Å²) in [7, 11) is 0. The van der Waals surface area contributed by atoms with Gasteiger partial charge in [-0.25, -0.2) is 0 Å². The second-order valence-electron chi connectivity index (χ2n) is 2.73. The Bertz CT molecular complexity index is 272. The van der Waals surface area contributed by atoms with Crippen LogP contribution in [0.3, 0.4) is 0 Å². The van der Waals surface area contributed by atoms with Gasteiger partial charge >= 0.3 is 0 Å². The van der Waals surface area contributed by atoms with E-state index in [1.807, 2.05) is 39.0 Å². The molecule has 2 heteroatoms. The largest absolute Gasteiger partial charge is 0.402 e. The Labute approximate surface area is 86.9 Å². The fraction of sp³-hybridized carbons (Fsp3) is 0.417. The molecule has 0 spiro atoms. The first-order valence-electron chi connectivity index (χ1n) is 5.12. The fourth-order valence-corrected chi connectivity index (χ4v) is 1.20. The van der Waals surface area contributed by atoms with Crippen LogP contribution >= 0.6 is 0 Å². The van der Waals surface area contributed by atoms with Gasteiger partial charge in [-0.3, -0.25) is 4.98 Å². The Morgan fingerprint density at radius 1 is 1.36 bits per heavy atom. The summed E-state index contributed by atoms with van der Waals surface area (Å²) < 4.78 is 0. The molecule has 1 heterocycles. The van der Waals surface area contributed by atoms with Crippen molar-refractivity contribution in [2.24, 2.45) is 5.73 Å². The molecule has 0 aliphatic carbocycles. The summed E-state index contributed by atoms with van der Waals surface area (Å²) in [6.45, 7) is 7.99. The predicted octanol–water partition coefficient (Wildman–Crippen LogP) is 3.21. The first-order chi connectivity index (χ1) is 6.75. The van der Waals surface area contributed by atoms with Gasteiger partial charge in [-0.2, -0.15) is 0 Å². The van der Waals surface area contributed by atoms with E-state index < -0.39 is 0 Å². The van der Waals surface area contributed by atoms with Gasteiger partial charge in [0.2, 0.25) is 0 Å². The van der Waals surface area contributed by atoms with Crippen LogP contribution in [0.15, 0.2) is 30.1 Å². The number of pyridine rings is 1. The van der Waals surface area contributed by atoms with E-state index in [4.69, 9.17) is 5.73 Å². The van der Waals surface area contributed by atoms with Gasteiger partial charge in [0.25, 0.3) is 0 Å². The molecule has 1 aromatic rings. The minimum absolute atomic E-state index is 0.858. The molecule has 0 aliphatic rings. The number of aromatic nitrogens is 1. The van der Waals surface area contributed by atoms with Crippen molar-refractivity contribution in [3.05, 3.63) is 35.8 Å². The number of allylic oxidation sites excluding steroid dienone is 2. The normalized spacial score (nSPS) is 11.1. The molecule has 2 nitrogen and oxygen atoms in total. The first kappa shape index (κ1) is 12.7. The molecule has 0 fully saturated rings. The Kier molecular flexibility index (Phi) is 6.46. The lowest BCUT2D eigenvalue weighted by Crippen LogP contribution is -1.98. The highest BCUT2D eigenvalue weighted by Crippen LogP contribution is 2.16. The van der Waals surface area contributed by atoms with Gasteiger partial charge < -0.3 is 5.73 Å². The average Bonchev–Trinajstić information content (AvgIpc) is 2.23. The molecule has 0 saturated carbocycles. The smallest absolute Gasteiger partial charge is 0.0678 e. The predicted molar refractivity (Wildman–Crippen MR) is 62.7 cm³/mol. The maximum Gasteiger partial charge on any atom is 0.0678 e. The molecule has 0 atom stereocenters. The number of rotatable bonds is 2. The number of hydrogen-bond donors (Lipinski definition) is 1. The SMILES string of the molecule is CC.CC/C(=C(\C)N)c1ccccn1. The van der Waals surface area contributed by atoms with Gasteiger partial charge in [0.05, 0.1) is 5.69 Å². The molecule has 0 radical (unpaired) electrons. The molecular weight excluding hydrogens is 172 g/mol. The van der Waals surface area contributed by atoms with Crippen LogP contribution in [0.4, 0.5) is 0 Å². The maximum atomic E-state index is 5.72. The fourth-order valence-electron chi connectivity index (χ4n) is 1.20. The van der Waals surface area contributed by atoms with Crippen LogP contribution in [0.1, 0.15) is 39.8 Å². The molecular formula is C12H20N2. The van der Waals surface area contributed by atoms with E-state index in [2.05, 4.69) is 11.9 Å². The minimum atomic E-state index is 0.858. The van der Waals surface area contributed by atoms with Crippen molar-refractivity contribution in [3.8, 4) is 0 Å². The number of nitrogens with two attached hydrogens (primary N) is 1. The maximum absolute atomic E-state index is 5.72. The molecule has 0 bridgehead atoms. The van der Waals surface area contributed by atoms with Crippen molar-refractivity contribution >= 4 is 5.57 Å². The van der Waals surface area contributed by atoms with Gasteiger partial charge in [0, 0.05) is 11.9 Å². The monoisotopic (exact) mass is 192 g/mol. The highest BCUT2D eigenvalue weighted by molar-refractivity contribution is 5.64. The highest BCUT2D eigenvalue weighted by atomic mass is 14.7. The summed E-state index contributed by atoms with van der Waals surface area (Å²) in [6, 6.07) is 5.86. The van der Waals surface area contributed by atoms with Gasteiger partial charge in [0.15, 0.2) is 0 Å². The van der Waals surface area contributed by atoms with E-state index in [0.717, 1.165) is 23.4 Å². The third kappa shape index (κ3) is 3.60. The topological polar surface area (TPSA) is 38.9 Å². The van der Waals surface area contributed by atoms with Crippen molar-refractivity contribution in [2.75, 3.05) is 0 Å². The molecule has 1 aromatic heterocycles. The Hall–Kier alpha value is -1.31. The van der Waals surface area contributed by atoms with Crippen LogP contribution in [-0.4, -0.2) is 4.98 Å². The second kappa shape index (κ2) is 7.13. The summed E-state index contributed by atoms with van der Waals surface area (Å²) in [5, 5.41) is 0. The van der Waals surface area contributed by atoms with Crippen LogP contribution in [-0.2, 0) is 0 Å². The number of hydrogen-bond acceptors (Lipinski definition) is 2. The highest BCUT2D eigenvalue weighted by Gasteiger charge is 2.01. The van der Waals surface area contributed by atoms with Crippen LogP contribution in [0.2, 0.25) is 0 Å². The van der Waals surface area contributed by atoms with E-state index in [0.29, 0.717) is 0 Å². The quantitative estimate of drug-likeness (QED) is 0.781. The van der Waals surface area contributed by atoms with Gasteiger partial charge in [-0.1, -0.05) is 26.8 Å². The standard InChI is InChI=1S/C10H14N2.C2H6/c1-3-9(8(2)11)10-6-4-5-7-12-10;1-2/h4-7H,3,11H2,1-2H3;1-2H3/b9-8-;. The van der Waals surface area contributed by atoms with E-state index in [9.17, 15) is 0 Å². The lowest BCUT2D eigenvalue weighted by molar-refractivity contribution is 1.13. The number of nitrogens with zero attached hydrogens (tertiary/aromatic N) is 1. The van der Waals surface area contributed by atoms with Crippen molar-refractivity contribution in [2.45, 2.75) is 34.1 Å². The van der Waals surface area contributed by atoms with Crippen molar-refractivity contribution in [3.63, 3.8) is 0 Å². The van der Waals surface area contributed by atoms with Crippen molar-refractivity contribution in [1.29, 1.82) is 0 Å². The molecule has 0 unspecified atom stereocenters. The molecule has 0 aliphatic heterocycles. The summed E-state index contributed by atoms with van der Waals surface area (Å²) in [5.41, 5.74) is 8.70. The molecule has 14 heavy (non-hydrogen) atoms. The zero-order chi connectivity index (χ0) is 11.0. The van der Waals surface area contributed by atoms with Crippen molar-refractivity contribution in [1.82, 2.24) is 4.98 Å². The molecule has 0 amide bonds. The third-order valence-electron chi connectivity index (χ3n) is 1.80. The summed E-state index contributed by atoms with van der Waals surface area (Å²) in [4.78, 5) is 4.23. The molecule has 78 valence electrons. The summed E-state index contributed by atoms with van der Waals surface area (Å²) in [6.07, 6.45) is 2.72. The molecule has 2 N–H and O–H groups in total. The zero-order valence-electron chi connectivity index (χ0n) is 9.54. The van der Waals surface area contributed by atoms with Gasteiger partial charge in [-0.15, -0.1) is 0 Å². The molecule has 1 rings (SSSR count). The second-order valence-corrected chi connectivity index (χ2v) is 2.73. The van der Waals surface area contributed by atoms with E-state index in [1.54, 1.807) is 6.20 Å². The Balaban J connectivity index is 0.000000791. The zero-order valence-corrected chi connectivity index (χ0v) is 9.54. The van der Waals surface area contributed by atoms with Gasteiger partial charge in [-0.05, 0) is 31.1 Å². The van der Waals surface area contributed by atoms with Crippen molar-refractivity contribution < 1.29 is 0 Å². The lowest BCUT2D eigenvalue weighted by Gasteiger charge is -2.05. The molecule has 0 saturated heterocycles. The van der Waals surface area contributed by atoms with E-state index in [-0.39, 0.29) is 0 Å². The van der Waals surface area contributed by atoms with E-state index in [1.165, 1.54) is 0 Å². The van der Waals surface area contributed by atoms with Crippen LogP contribution in [0, 0.1) is 0 Å². The van der Waals surface area contributed by atoms with Crippen LogP contribution < -0.4 is 5.73 Å². The van der Waals surface area contributed by atoms with E-state index >= 15 is 0 Å². The Morgan fingerprint density at radius 3 is 2.36 bits per heavy atom. The molecule has 0 aromatic carbocycles. The minimum Gasteiger partial charge on any atom is -0.402 e. The van der Waals surface area contributed by atoms with Gasteiger partial charge in [0.1, 0.15) is 0 Å². The Morgan fingerprint density at radius 2 is 2.00 bits per heavy atom. The average molecular weight is 192 g/mol.